The van der Waals surface area contributed by atoms with Crippen molar-refractivity contribution in [1.29, 1.82) is 0 Å². The number of phenols is 1. The molecule has 0 bridgehead atoms. The standard InChI is InChI=1S/C31H33NO6/c1-18-16-22(11-13-27(33)32-25-9-7-6-8-24(25)30(35)36)10-12-26(18)37-17-31(5)15-14-23-21(4)28(34)19(2)20(3)29(23)38-31/h6-13,16,34H,14-15,17H2,1-5H3,(H,32,33)(H,35,36)/b13-11+. The normalized spacial score (nSPS) is 16.6. The number of nitrogens with one attached hydrogen (secondary N) is 1. The average molecular weight is 516 g/mol. The van der Waals surface area contributed by atoms with Gasteiger partial charge in [0.05, 0.1) is 11.3 Å². The van der Waals surface area contributed by atoms with E-state index in [9.17, 15) is 19.8 Å². The van der Waals surface area contributed by atoms with Gasteiger partial charge >= 0.3 is 5.97 Å². The molecule has 0 saturated heterocycles. The van der Waals surface area contributed by atoms with Gasteiger partial charge in [-0.2, -0.15) is 0 Å². The van der Waals surface area contributed by atoms with Gasteiger partial charge in [0.15, 0.2) is 0 Å². The largest absolute Gasteiger partial charge is 0.507 e. The number of ether oxygens (including phenoxy) is 2. The lowest BCUT2D eigenvalue weighted by Gasteiger charge is -2.37. The fourth-order valence-corrected chi connectivity index (χ4v) is 4.69. The molecule has 0 aromatic heterocycles. The number of benzene rings is 3. The zero-order valence-corrected chi connectivity index (χ0v) is 22.3. The quantitative estimate of drug-likeness (QED) is 0.327. The Morgan fingerprint density at radius 2 is 1.82 bits per heavy atom. The maximum atomic E-state index is 12.4. The number of carbonyl (C=O) groups is 2. The number of anilines is 1. The van der Waals surface area contributed by atoms with Crippen molar-refractivity contribution >= 4 is 23.6 Å². The van der Waals surface area contributed by atoms with Crippen molar-refractivity contribution in [2.75, 3.05) is 11.9 Å². The summed E-state index contributed by atoms with van der Waals surface area (Å²) in [4.78, 5) is 23.7. The van der Waals surface area contributed by atoms with E-state index < -0.39 is 17.5 Å². The molecule has 38 heavy (non-hydrogen) atoms. The van der Waals surface area contributed by atoms with Crippen LogP contribution >= 0.6 is 0 Å². The third-order valence-electron chi connectivity index (χ3n) is 7.17. The SMILES string of the molecule is Cc1cc(/C=C/C(=O)Nc2ccccc2C(=O)O)ccc1OCC1(C)CCc2c(C)c(O)c(C)c(C)c2O1. The highest BCUT2D eigenvalue weighted by atomic mass is 16.5. The number of carboxylic acids is 1. The van der Waals surface area contributed by atoms with E-state index in [1.165, 1.54) is 12.1 Å². The molecule has 3 aromatic carbocycles. The molecule has 0 aliphatic carbocycles. The van der Waals surface area contributed by atoms with E-state index in [1.807, 2.05) is 52.8 Å². The van der Waals surface area contributed by atoms with Crippen LogP contribution in [0.2, 0.25) is 0 Å². The molecule has 198 valence electrons. The van der Waals surface area contributed by atoms with Crippen LogP contribution in [0.1, 0.15) is 57.1 Å². The number of hydrogen-bond acceptors (Lipinski definition) is 5. The molecule has 7 heteroatoms. The molecule has 1 unspecified atom stereocenters. The molecular formula is C31H33NO6. The zero-order chi connectivity index (χ0) is 27.6. The molecular weight excluding hydrogens is 482 g/mol. The molecule has 1 atom stereocenters. The summed E-state index contributed by atoms with van der Waals surface area (Å²) < 4.78 is 12.6. The van der Waals surface area contributed by atoms with Crippen LogP contribution in [0.5, 0.6) is 17.2 Å². The predicted molar refractivity (Wildman–Crippen MR) is 147 cm³/mol. The van der Waals surface area contributed by atoms with E-state index in [0.717, 1.165) is 57.7 Å². The number of aromatic carboxylic acids is 1. The summed E-state index contributed by atoms with van der Waals surface area (Å²) in [6.07, 6.45) is 4.60. The van der Waals surface area contributed by atoms with Crippen LogP contribution in [0.15, 0.2) is 48.5 Å². The van der Waals surface area contributed by atoms with Crippen molar-refractivity contribution in [2.45, 2.75) is 53.1 Å². The Morgan fingerprint density at radius 1 is 1.08 bits per heavy atom. The number of hydrogen-bond donors (Lipinski definition) is 3. The van der Waals surface area contributed by atoms with Gasteiger partial charge < -0.3 is 25.0 Å². The fraction of sp³-hybridized carbons (Fsp3) is 0.290. The zero-order valence-electron chi connectivity index (χ0n) is 22.3. The van der Waals surface area contributed by atoms with Gasteiger partial charge in [0.25, 0.3) is 0 Å². The van der Waals surface area contributed by atoms with Gasteiger partial charge in [-0.1, -0.05) is 18.2 Å². The van der Waals surface area contributed by atoms with Crippen molar-refractivity contribution in [3.63, 3.8) is 0 Å². The van der Waals surface area contributed by atoms with Gasteiger partial charge in [0.2, 0.25) is 5.91 Å². The van der Waals surface area contributed by atoms with Crippen LogP contribution in [0, 0.1) is 27.7 Å². The van der Waals surface area contributed by atoms with Crippen molar-refractivity contribution in [3.05, 3.63) is 87.5 Å². The third kappa shape index (κ3) is 5.52. The first-order valence-electron chi connectivity index (χ1n) is 12.5. The monoisotopic (exact) mass is 515 g/mol. The number of phenolic OH excluding ortho intramolecular Hbond substituents is 1. The molecule has 3 aromatic rings. The number of para-hydroxylation sites is 1. The molecule has 1 heterocycles. The van der Waals surface area contributed by atoms with E-state index in [2.05, 4.69) is 5.32 Å². The van der Waals surface area contributed by atoms with E-state index >= 15 is 0 Å². The predicted octanol–water partition coefficient (Wildman–Crippen LogP) is 6.14. The smallest absolute Gasteiger partial charge is 0.337 e. The van der Waals surface area contributed by atoms with Gasteiger partial charge in [-0.15, -0.1) is 0 Å². The van der Waals surface area contributed by atoms with Crippen LogP contribution in [-0.4, -0.2) is 34.3 Å². The Bertz CT molecular complexity index is 1440. The summed E-state index contributed by atoms with van der Waals surface area (Å²) in [7, 11) is 0. The number of amides is 1. The van der Waals surface area contributed by atoms with Crippen molar-refractivity contribution in [1.82, 2.24) is 0 Å². The van der Waals surface area contributed by atoms with E-state index in [-0.39, 0.29) is 11.3 Å². The van der Waals surface area contributed by atoms with Crippen molar-refractivity contribution in [2.24, 2.45) is 0 Å². The Labute approximate surface area is 222 Å². The topological polar surface area (TPSA) is 105 Å². The van der Waals surface area contributed by atoms with Gasteiger partial charge in [0.1, 0.15) is 29.5 Å². The Morgan fingerprint density at radius 3 is 2.53 bits per heavy atom. The molecule has 3 N–H and O–H groups in total. The number of rotatable bonds is 7. The fourth-order valence-electron chi connectivity index (χ4n) is 4.69. The minimum Gasteiger partial charge on any atom is -0.507 e. The first kappa shape index (κ1) is 26.8. The van der Waals surface area contributed by atoms with Crippen LogP contribution in [0.3, 0.4) is 0 Å². The number of carbonyl (C=O) groups excluding carboxylic acids is 1. The molecule has 0 radical (unpaired) electrons. The van der Waals surface area contributed by atoms with Gasteiger partial charge in [-0.3, -0.25) is 4.79 Å². The highest BCUT2D eigenvalue weighted by Crippen LogP contribution is 2.43. The molecule has 7 nitrogen and oxygen atoms in total. The number of aromatic hydroxyl groups is 1. The highest BCUT2D eigenvalue weighted by molar-refractivity contribution is 6.06. The van der Waals surface area contributed by atoms with Gasteiger partial charge in [-0.05, 0) is 106 Å². The van der Waals surface area contributed by atoms with Crippen LogP contribution in [0.4, 0.5) is 5.69 Å². The number of carboxylic acid groups (broad SMARTS) is 1. The van der Waals surface area contributed by atoms with Crippen molar-refractivity contribution in [3.8, 4) is 17.2 Å². The van der Waals surface area contributed by atoms with E-state index in [1.54, 1.807) is 24.3 Å². The van der Waals surface area contributed by atoms with Crippen LogP contribution in [0.25, 0.3) is 6.08 Å². The van der Waals surface area contributed by atoms with Crippen molar-refractivity contribution < 1.29 is 29.3 Å². The maximum Gasteiger partial charge on any atom is 0.337 e. The number of aryl methyl sites for hydroxylation is 1. The summed E-state index contributed by atoms with van der Waals surface area (Å²) in [5.41, 5.74) is 5.22. The lowest BCUT2D eigenvalue weighted by molar-refractivity contribution is -0.111. The van der Waals surface area contributed by atoms with Crippen LogP contribution in [-0.2, 0) is 11.2 Å². The summed E-state index contributed by atoms with van der Waals surface area (Å²) in [6, 6.07) is 11.9. The highest BCUT2D eigenvalue weighted by Gasteiger charge is 2.35. The maximum absolute atomic E-state index is 12.4. The second-order valence-electron chi connectivity index (χ2n) is 10.1. The van der Waals surface area contributed by atoms with Crippen LogP contribution < -0.4 is 14.8 Å². The first-order valence-corrected chi connectivity index (χ1v) is 12.5. The summed E-state index contributed by atoms with van der Waals surface area (Å²) in [5.74, 6) is 0.391. The number of fused-ring (bicyclic) bond motifs is 1. The Kier molecular flexibility index (Phi) is 7.49. The molecule has 1 aliphatic heterocycles. The minimum atomic E-state index is -1.10. The molecule has 1 aliphatic rings. The van der Waals surface area contributed by atoms with E-state index in [4.69, 9.17) is 9.47 Å². The van der Waals surface area contributed by atoms with E-state index in [0.29, 0.717) is 12.4 Å². The summed E-state index contributed by atoms with van der Waals surface area (Å²) >= 11 is 0. The molecule has 1 amide bonds. The second kappa shape index (κ2) is 10.6. The third-order valence-corrected chi connectivity index (χ3v) is 7.17. The lowest BCUT2D eigenvalue weighted by Crippen LogP contribution is -2.42. The molecule has 0 spiro atoms. The molecule has 0 saturated carbocycles. The molecule has 4 rings (SSSR count). The molecule has 0 fully saturated rings. The summed E-state index contributed by atoms with van der Waals surface area (Å²) in [6.45, 7) is 10.2. The second-order valence-corrected chi connectivity index (χ2v) is 10.1. The Hall–Kier alpha value is -4.26. The Balaban J connectivity index is 1.41. The van der Waals surface area contributed by atoms with Gasteiger partial charge in [0, 0.05) is 11.6 Å². The summed E-state index contributed by atoms with van der Waals surface area (Å²) in [5, 5.41) is 22.3. The van der Waals surface area contributed by atoms with Gasteiger partial charge in [-0.25, -0.2) is 4.79 Å². The minimum absolute atomic E-state index is 0.0318. The first-order chi connectivity index (χ1) is 18.0. The average Bonchev–Trinajstić information content (AvgIpc) is 2.89. The lowest BCUT2D eigenvalue weighted by atomic mass is 9.87.